The standard InChI is InChI=1S/C17H23FN2O/c1-2-20-11-9-14(10-12-20)13-19-17(21)8-7-15-5-3-4-6-16(15)18/h3-8,14H,2,9-13H2,1H3,(H,19,21)/b8-7+. The third kappa shape index (κ3) is 4.97. The van der Waals surface area contributed by atoms with Crippen LogP contribution < -0.4 is 5.32 Å². The van der Waals surface area contributed by atoms with Gasteiger partial charge in [-0.05, 0) is 50.5 Å². The van der Waals surface area contributed by atoms with E-state index in [0.29, 0.717) is 18.0 Å². The number of rotatable bonds is 5. The van der Waals surface area contributed by atoms with Crippen molar-refractivity contribution in [1.82, 2.24) is 10.2 Å². The van der Waals surface area contributed by atoms with Gasteiger partial charge in [0.1, 0.15) is 5.82 Å². The number of halogens is 1. The van der Waals surface area contributed by atoms with Crippen molar-refractivity contribution in [3.8, 4) is 0 Å². The highest BCUT2D eigenvalue weighted by Gasteiger charge is 2.17. The fourth-order valence-electron chi connectivity index (χ4n) is 2.59. The first-order valence-corrected chi connectivity index (χ1v) is 7.62. The molecule has 1 amide bonds. The topological polar surface area (TPSA) is 32.3 Å². The second-order valence-electron chi connectivity index (χ2n) is 5.48. The Morgan fingerprint density at radius 3 is 2.76 bits per heavy atom. The van der Waals surface area contributed by atoms with Gasteiger partial charge in [0.05, 0.1) is 0 Å². The maximum atomic E-state index is 13.4. The zero-order valence-corrected chi connectivity index (χ0v) is 12.5. The number of piperidine rings is 1. The molecule has 1 fully saturated rings. The largest absolute Gasteiger partial charge is 0.352 e. The Bertz CT molecular complexity index is 493. The highest BCUT2D eigenvalue weighted by Crippen LogP contribution is 2.15. The predicted molar refractivity (Wildman–Crippen MR) is 83.3 cm³/mol. The monoisotopic (exact) mass is 290 g/mol. The van der Waals surface area contributed by atoms with Crippen LogP contribution in [0.4, 0.5) is 4.39 Å². The molecular weight excluding hydrogens is 267 g/mol. The Balaban J connectivity index is 1.74. The van der Waals surface area contributed by atoms with Crippen molar-refractivity contribution in [1.29, 1.82) is 0 Å². The maximum Gasteiger partial charge on any atom is 0.244 e. The molecule has 1 aromatic rings. The molecule has 21 heavy (non-hydrogen) atoms. The number of amides is 1. The Labute approximate surface area is 125 Å². The van der Waals surface area contributed by atoms with E-state index < -0.39 is 0 Å². The zero-order valence-electron chi connectivity index (χ0n) is 12.5. The van der Waals surface area contributed by atoms with Gasteiger partial charge in [0, 0.05) is 18.2 Å². The average Bonchev–Trinajstić information content (AvgIpc) is 2.52. The normalized spacial score (nSPS) is 17.2. The van der Waals surface area contributed by atoms with Crippen LogP contribution in [0.5, 0.6) is 0 Å². The van der Waals surface area contributed by atoms with E-state index in [1.165, 1.54) is 18.2 Å². The SMILES string of the molecule is CCN1CCC(CNC(=O)/C=C/c2ccccc2F)CC1. The van der Waals surface area contributed by atoms with E-state index in [4.69, 9.17) is 0 Å². The van der Waals surface area contributed by atoms with Crippen molar-refractivity contribution in [2.45, 2.75) is 19.8 Å². The van der Waals surface area contributed by atoms with E-state index in [1.807, 2.05) is 0 Å². The molecule has 4 heteroatoms. The van der Waals surface area contributed by atoms with E-state index in [0.717, 1.165) is 32.5 Å². The minimum absolute atomic E-state index is 0.156. The van der Waals surface area contributed by atoms with Crippen LogP contribution in [0, 0.1) is 11.7 Å². The molecule has 114 valence electrons. The van der Waals surface area contributed by atoms with E-state index in [2.05, 4.69) is 17.1 Å². The van der Waals surface area contributed by atoms with Gasteiger partial charge in [0.25, 0.3) is 0 Å². The van der Waals surface area contributed by atoms with Crippen molar-refractivity contribution in [2.24, 2.45) is 5.92 Å². The molecule has 1 aliphatic heterocycles. The van der Waals surface area contributed by atoms with E-state index in [9.17, 15) is 9.18 Å². The van der Waals surface area contributed by atoms with Crippen molar-refractivity contribution in [2.75, 3.05) is 26.2 Å². The Morgan fingerprint density at radius 1 is 1.38 bits per heavy atom. The second kappa shape index (κ2) is 7.93. The summed E-state index contributed by atoms with van der Waals surface area (Å²) >= 11 is 0. The minimum atomic E-state index is -0.312. The van der Waals surface area contributed by atoms with Gasteiger partial charge >= 0.3 is 0 Å². The lowest BCUT2D eigenvalue weighted by molar-refractivity contribution is -0.116. The van der Waals surface area contributed by atoms with Gasteiger partial charge in [-0.25, -0.2) is 4.39 Å². The summed E-state index contributed by atoms with van der Waals surface area (Å²) in [4.78, 5) is 14.2. The summed E-state index contributed by atoms with van der Waals surface area (Å²) in [6.07, 6.45) is 5.18. The van der Waals surface area contributed by atoms with Crippen LogP contribution in [0.15, 0.2) is 30.3 Å². The van der Waals surface area contributed by atoms with Crippen LogP contribution in [0.3, 0.4) is 0 Å². The van der Waals surface area contributed by atoms with E-state index in [1.54, 1.807) is 18.2 Å². The van der Waals surface area contributed by atoms with E-state index in [-0.39, 0.29) is 11.7 Å². The van der Waals surface area contributed by atoms with Gasteiger partial charge < -0.3 is 10.2 Å². The van der Waals surface area contributed by atoms with E-state index >= 15 is 0 Å². The summed E-state index contributed by atoms with van der Waals surface area (Å²) in [5.74, 6) is 0.0864. The molecule has 0 bridgehead atoms. The number of carbonyl (C=O) groups excluding carboxylic acids is 1. The summed E-state index contributed by atoms with van der Waals surface area (Å²) in [6.45, 7) is 6.21. The molecule has 0 aromatic heterocycles. The summed E-state index contributed by atoms with van der Waals surface area (Å²) in [5, 5.41) is 2.91. The van der Waals surface area contributed by atoms with Gasteiger partial charge in [0.15, 0.2) is 0 Å². The Hall–Kier alpha value is -1.68. The van der Waals surface area contributed by atoms with Crippen LogP contribution in [-0.2, 0) is 4.79 Å². The second-order valence-corrected chi connectivity index (χ2v) is 5.48. The number of hydrogen-bond acceptors (Lipinski definition) is 2. The zero-order chi connectivity index (χ0) is 15.1. The fourth-order valence-corrected chi connectivity index (χ4v) is 2.59. The molecule has 3 nitrogen and oxygen atoms in total. The quantitative estimate of drug-likeness (QED) is 0.846. The average molecular weight is 290 g/mol. The van der Waals surface area contributed by atoms with Crippen LogP contribution in [-0.4, -0.2) is 37.0 Å². The van der Waals surface area contributed by atoms with Gasteiger partial charge in [-0.15, -0.1) is 0 Å². The molecule has 0 saturated carbocycles. The van der Waals surface area contributed by atoms with Crippen molar-refractivity contribution >= 4 is 12.0 Å². The molecule has 0 radical (unpaired) electrons. The Kier molecular flexibility index (Phi) is 5.93. The first kappa shape index (κ1) is 15.7. The maximum absolute atomic E-state index is 13.4. The lowest BCUT2D eigenvalue weighted by Gasteiger charge is -2.30. The summed E-state index contributed by atoms with van der Waals surface area (Å²) < 4.78 is 13.4. The molecular formula is C17H23FN2O. The molecule has 2 rings (SSSR count). The predicted octanol–water partition coefficient (Wildman–Crippen LogP) is 2.69. The smallest absolute Gasteiger partial charge is 0.244 e. The first-order chi connectivity index (χ1) is 10.2. The molecule has 1 N–H and O–H groups in total. The third-order valence-electron chi connectivity index (χ3n) is 4.04. The summed E-state index contributed by atoms with van der Waals surface area (Å²) in [5.41, 5.74) is 0.434. The fraction of sp³-hybridized carbons (Fsp3) is 0.471. The number of benzene rings is 1. The molecule has 1 heterocycles. The molecule has 1 saturated heterocycles. The van der Waals surface area contributed by atoms with Crippen LogP contribution in [0.2, 0.25) is 0 Å². The summed E-state index contributed by atoms with van der Waals surface area (Å²) in [7, 11) is 0. The number of likely N-dealkylation sites (tertiary alicyclic amines) is 1. The number of carbonyl (C=O) groups is 1. The lowest BCUT2D eigenvalue weighted by Crippen LogP contribution is -2.38. The van der Waals surface area contributed by atoms with Gasteiger partial charge in [0.2, 0.25) is 5.91 Å². The van der Waals surface area contributed by atoms with Gasteiger partial charge in [-0.2, -0.15) is 0 Å². The molecule has 0 spiro atoms. The molecule has 0 aliphatic carbocycles. The van der Waals surface area contributed by atoms with Crippen LogP contribution >= 0.6 is 0 Å². The molecule has 1 aromatic carbocycles. The highest BCUT2D eigenvalue weighted by atomic mass is 19.1. The van der Waals surface area contributed by atoms with Crippen LogP contribution in [0.1, 0.15) is 25.3 Å². The number of nitrogens with one attached hydrogen (secondary N) is 1. The van der Waals surface area contributed by atoms with Gasteiger partial charge in [-0.3, -0.25) is 4.79 Å². The highest BCUT2D eigenvalue weighted by molar-refractivity contribution is 5.91. The molecule has 1 aliphatic rings. The van der Waals surface area contributed by atoms with Crippen molar-refractivity contribution < 1.29 is 9.18 Å². The first-order valence-electron chi connectivity index (χ1n) is 7.62. The number of nitrogens with zero attached hydrogens (tertiary/aromatic N) is 1. The lowest BCUT2D eigenvalue weighted by atomic mass is 9.97. The van der Waals surface area contributed by atoms with Crippen molar-refractivity contribution in [3.05, 3.63) is 41.7 Å². The molecule has 0 atom stereocenters. The minimum Gasteiger partial charge on any atom is -0.352 e. The van der Waals surface area contributed by atoms with Gasteiger partial charge in [-0.1, -0.05) is 25.1 Å². The van der Waals surface area contributed by atoms with Crippen LogP contribution in [0.25, 0.3) is 6.08 Å². The molecule has 0 unspecified atom stereocenters. The number of hydrogen-bond donors (Lipinski definition) is 1. The third-order valence-corrected chi connectivity index (χ3v) is 4.04. The van der Waals surface area contributed by atoms with Crippen molar-refractivity contribution in [3.63, 3.8) is 0 Å². The summed E-state index contributed by atoms with van der Waals surface area (Å²) in [6, 6.07) is 6.43. The Morgan fingerprint density at radius 2 is 2.10 bits per heavy atom.